The van der Waals surface area contributed by atoms with E-state index in [1.165, 1.54) is 13.2 Å². The van der Waals surface area contributed by atoms with Gasteiger partial charge >= 0.3 is 0 Å². The van der Waals surface area contributed by atoms with Gasteiger partial charge in [0.05, 0.1) is 7.11 Å². The molecular formula is C12H20N4O2. The van der Waals surface area contributed by atoms with Gasteiger partial charge in [-0.2, -0.15) is 4.98 Å². The number of carbonyl (C=O) groups excluding carboxylic acids is 1. The lowest BCUT2D eigenvalue weighted by molar-refractivity contribution is 0.0995. The number of methoxy groups -OCH3 is 1. The maximum absolute atomic E-state index is 11.2. The zero-order chi connectivity index (χ0) is 13.5. The molecule has 1 amide bonds. The first-order valence-corrected chi connectivity index (χ1v) is 6.10. The van der Waals surface area contributed by atoms with Crippen LogP contribution in [0.1, 0.15) is 37.2 Å². The molecule has 0 unspecified atom stereocenters. The SMILES string of the molecule is CCCN(CCC)c1nc(OC)cc(C(N)=O)n1. The van der Waals surface area contributed by atoms with Gasteiger partial charge in [0.1, 0.15) is 5.69 Å². The van der Waals surface area contributed by atoms with Gasteiger partial charge in [-0.3, -0.25) is 4.79 Å². The normalized spacial score (nSPS) is 10.2. The molecule has 1 heterocycles. The summed E-state index contributed by atoms with van der Waals surface area (Å²) in [4.78, 5) is 21.7. The quantitative estimate of drug-likeness (QED) is 0.788. The molecule has 0 aromatic carbocycles. The van der Waals surface area contributed by atoms with E-state index in [1.54, 1.807) is 0 Å². The number of hydrogen-bond donors (Lipinski definition) is 1. The minimum atomic E-state index is -0.579. The van der Waals surface area contributed by atoms with Crippen molar-refractivity contribution in [3.8, 4) is 5.88 Å². The third-order valence-electron chi connectivity index (χ3n) is 2.42. The molecule has 0 bridgehead atoms. The van der Waals surface area contributed by atoms with E-state index >= 15 is 0 Å². The molecule has 18 heavy (non-hydrogen) atoms. The Kier molecular flexibility index (Phi) is 5.35. The Labute approximate surface area is 107 Å². The highest BCUT2D eigenvalue weighted by Crippen LogP contribution is 2.16. The number of rotatable bonds is 7. The van der Waals surface area contributed by atoms with Gasteiger partial charge in [0.15, 0.2) is 0 Å². The molecule has 1 aromatic rings. The van der Waals surface area contributed by atoms with E-state index in [1.807, 2.05) is 4.90 Å². The third-order valence-corrected chi connectivity index (χ3v) is 2.42. The molecule has 0 atom stereocenters. The van der Waals surface area contributed by atoms with E-state index < -0.39 is 5.91 Å². The molecule has 6 nitrogen and oxygen atoms in total. The number of anilines is 1. The van der Waals surface area contributed by atoms with Crippen LogP contribution >= 0.6 is 0 Å². The molecule has 0 aliphatic rings. The van der Waals surface area contributed by atoms with Crippen LogP contribution in [0.5, 0.6) is 5.88 Å². The molecule has 100 valence electrons. The fraction of sp³-hybridized carbons (Fsp3) is 0.583. The lowest BCUT2D eigenvalue weighted by Crippen LogP contribution is -2.28. The number of primary amides is 1. The summed E-state index contributed by atoms with van der Waals surface area (Å²) in [6, 6.07) is 1.45. The summed E-state index contributed by atoms with van der Waals surface area (Å²) in [5.41, 5.74) is 5.43. The molecule has 0 saturated carbocycles. The van der Waals surface area contributed by atoms with Gasteiger partial charge in [0.25, 0.3) is 5.91 Å². The average molecular weight is 252 g/mol. The first-order chi connectivity index (χ1) is 8.62. The standard InChI is InChI=1S/C12H20N4O2/c1-4-6-16(7-5-2)12-14-9(11(13)17)8-10(15-12)18-3/h8H,4-7H2,1-3H3,(H2,13,17). The molecule has 0 aliphatic carbocycles. The highest BCUT2D eigenvalue weighted by atomic mass is 16.5. The van der Waals surface area contributed by atoms with Crippen LogP contribution in [0.3, 0.4) is 0 Å². The van der Waals surface area contributed by atoms with Crippen LogP contribution in [0, 0.1) is 0 Å². The van der Waals surface area contributed by atoms with E-state index in [4.69, 9.17) is 10.5 Å². The number of hydrogen-bond acceptors (Lipinski definition) is 5. The first kappa shape index (κ1) is 14.2. The van der Waals surface area contributed by atoms with Crippen LogP contribution in [-0.2, 0) is 0 Å². The maximum atomic E-state index is 11.2. The van der Waals surface area contributed by atoms with E-state index in [0.29, 0.717) is 11.8 Å². The predicted molar refractivity (Wildman–Crippen MR) is 69.9 cm³/mol. The van der Waals surface area contributed by atoms with E-state index in [0.717, 1.165) is 25.9 Å². The van der Waals surface area contributed by atoms with Gasteiger partial charge in [-0.15, -0.1) is 0 Å². The predicted octanol–water partition coefficient (Wildman–Crippen LogP) is 1.21. The number of ether oxygens (including phenoxy) is 1. The maximum Gasteiger partial charge on any atom is 0.267 e. The lowest BCUT2D eigenvalue weighted by Gasteiger charge is -2.21. The number of aromatic nitrogens is 2. The topological polar surface area (TPSA) is 81.3 Å². The van der Waals surface area contributed by atoms with Crippen molar-refractivity contribution in [2.75, 3.05) is 25.1 Å². The second kappa shape index (κ2) is 6.78. The molecule has 1 rings (SSSR count). The molecule has 0 aliphatic heterocycles. The summed E-state index contributed by atoms with van der Waals surface area (Å²) in [5.74, 6) is 0.266. The summed E-state index contributed by atoms with van der Waals surface area (Å²) in [6.45, 7) is 5.83. The Morgan fingerprint density at radius 2 is 1.94 bits per heavy atom. The van der Waals surface area contributed by atoms with Gasteiger partial charge < -0.3 is 15.4 Å². The molecule has 0 saturated heterocycles. The van der Waals surface area contributed by atoms with Gasteiger partial charge in [0.2, 0.25) is 11.8 Å². The van der Waals surface area contributed by atoms with Crippen molar-refractivity contribution < 1.29 is 9.53 Å². The fourth-order valence-corrected chi connectivity index (χ4v) is 1.64. The van der Waals surface area contributed by atoms with Crippen LogP contribution < -0.4 is 15.4 Å². The number of nitrogens with zero attached hydrogens (tertiary/aromatic N) is 3. The molecule has 0 fully saturated rings. The smallest absolute Gasteiger partial charge is 0.267 e. The number of amides is 1. The molecular weight excluding hydrogens is 232 g/mol. The van der Waals surface area contributed by atoms with Crippen molar-refractivity contribution in [1.82, 2.24) is 9.97 Å². The fourth-order valence-electron chi connectivity index (χ4n) is 1.64. The van der Waals surface area contributed by atoms with Crippen molar-refractivity contribution in [3.63, 3.8) is 0 Å². The Hall–Kier alpha value is -1.85. The lowest BCUT2D eigenvalue weighted by atomic mass is 10.3. The number of nitrogens with two attached hydrogens (primary N) is 1. The number of carbonyl (C=O) groups is 1. The highest BCUT2D eigenvalue weighted by Gasteiger charge is 2.14. The first-order valence-electron chi connectivity index (χ1n) is 6.10. The Balaban J connectivity index is 3.11. The third kappa shape index (κ3) is 3.58. The van der Waals surface area contributed by atoms with Gasteiger partial charge in [-0.05, 0) is 12.8 Å². The summed E-state index contributed by atoms with van der Waals surface area (Å²) >= 11 is 0. The summed E-state index contributed by atoms with van der Waals surface area (Å²) in [7, 11) is 1.50. The molecule has 1 aromatic heterocycles. The Bertz CT molecular complexity index is 403. The van der Waals surface area contributed by atoms with Crippen molar-refractivity contribution in [2.24, 2.45) is 5.73 Å². The zero-order valence-electron chi connectivity index (χ0n) is 11.1. The van der Waals surface area contributed by atoms with Crippen molar-refractivity contribution >= 4 is 11.9 Å². The molecule has 0 radical (unpaired) electrons. The van der Waals surface area contributed by atoms with Crippen LogP contribution in [0.4, 0.5) is 5.95 Å². The largest absolute Gasteiger partial charge is 0.481 e. The van der Waals surface area contributed by atoms with Gasteiger partial charge in [-0.1, -0.05) is 13.8 Å². The van der Waals surface area contributed by atoms with Gasteiger partial charge in [-0.25, -0.2) is 4.98 Å². The van der Waals surface area contributed by atoms with Crippen molar-refractivity contribution in [2.45, 2.75) is 26.7 Å². The Morgan fingerprint density at radius 1 is 1.33 bits per heavy atom. The Morgan fingerprint density at radius 3 is 2.39 bits per heavy atom. The monoisotopic (exact) mass is 252 g/mol. The van der Waals surface area contributed by atoms with E-state index in [2.05, 4.69) is 23.8 Å². The summed E-state index contributed by atoms with van der Waals surface area (Å²) in [6.07, 6.45) is 1.96. The second-order valence-corrected chi connectivity index (χ2v) is 3.95. The van der Waals surface area contributed by atoms with Crippen LogP contribution in [0.15, 0.2) is 6.07 Å². The van der Waals surface area contributed by atoms with E-state index in [9.17, 15) is 4.79 Å². The van der Waals surface area contributed by atoms with Crippen molar-refractivity contribution in [1.29, 1.82) is 0 Å². The molecule has 0 spiro atoms. The second-order valence-electron chi connectivity index (χ2n) is 3.95. The highest BCUT2D eigenvalue weighted by molar-refractivity contribution is 5.91. The zero-order valence-corrected chi connectivity index (χ0v) is 11.1. The van der Waals surface area contributed by atoms with Crippen LogP contribution in [0.2, 0.25) is 0 Å². The van der Waals surface area contributed by atoms with Crippen LogP contribution in [0.25, 0.3) is 0 Å². The molecule has 6 heteroatoms. The minimum absolute atomic E-state index is 0.175. The summed E-state index contributed by atoms with van der Waals surface area (Å²) in [5, 5.41) is 0. The van der Waals surface area contributed by atoms with E-state index in [-0.39, 0.29) is 5.69 Å². The van der Waals surface area contributed by atoms with Gasteiger partial charge in [0, 0.05) is 19.2 Å². The minimum Gasteiger partial charge on any atom is -0.481 e. The average Bonchev–Trinajstić information content (AvgIpc) is 2.37. The molecule has 2 N–H and O–H groups in total. The van der Waals surface area contributed by atoms with Crippen LogP contribution in [-0.4, -0.2) is 36.1 Å². The van der Waals surface area contributed by atoms with Crippen molar-refractivity contribution in [3.05, 3.63) is 11.8 Å². The summed E-state index contributed by atoms with van der Waals surface area (Å²) < 4.78 is 5.07.